The highest BCUT2D eigenvalue weighted by Crippen LogP contribution is 2.35. The molecule has 1 aliphatic carbocycles. The standard InChI is InChI=1S/C16H32N2O/c1-13(2)15(3,4)12-18-14(19)16(11-17)9-7-5-6-8-10-16/h13H,5-12,17H2,1-4H3,(H,18,19). The summed E-state index contributed by atoms with van der Waals surface area (Å²) < 4.78 is 0. The van der Waals surface area contributed by atoms with Crippen LogP contribution in [-0.2, 0) is 4.79 Å². The van der Waals surface area contributed by atoms with Gasteiger partial charge in [0.15, 0.2) is 0 Å². The fraction of sp³-hybridized carbons (Fsp3) is 0.938. The lowest BCUT2D eigenvalue weighted by Crippen LogP contribution is -2.48. The van der Waals surface area contributed by atoms with Crippen molar-refractivity contribution in [1.82, 2.24) is 5.32 Å². The van der Waals surface area contributed by atoms with Gasteiger partial charge in [0.2, 0.25) is 5.91 Å². The van der Waals surface area contributed by atoms with Crippen LogP contribution < -0.4 is 11.1 Å². The summed E-state index contributed by atoms with van der Waals surface area (Å²) in [5.41, 5.74) is 5.78. The number of rotatable bonds is 5. The molecule has 0 aromatic rings. The molecule has 0 bridgehead atoms. The van der Waals surface area contributed by atoms with Gasteiger partial charge in [0.05, 0.1) is 5.41 Å². The highest BCUT2D eigenvalue weighted by molar-refractivity contribution is 5.83. The molecular formula is C16H32N2O. The third kappa shape index (κ3) is 4.20. The summed E-state index contributed by atoms with van der Waals surface area (Å²) in [7, 11) is 0. The van der Waals surface area contributed by atoms with Crippen molar-refractivity contribution in [1.29, 1.82) is 0 Å². The van der Waals surface area contributed by atoms with Crippen molar-refractivity contribution in [2.24, 2.45) is 22.5 Å². The number of nitrogens with two attached hydrogens (primary N) is 1. The van der Waals surface area contributed by atoms with Gasteiger partial charge in [0.25, 0.3) is 0 Å². The zero-order valence-electron chi connectivity index (χ0n) is 13.2. The maximum absolute atomic E-state index is 12.6. The molecule has 112 valence electrons. The topological polar surface area (TPSA) is 55.1 Å². The van der Waals surface area contributed by atoms with Crippen molar-refractivity contribution in [2.45, 2.75) is 66.2 Å². The Hall–Kier alpha value is -0.570. The molecule has 0 spiro atoms. The Labute approximate surface area is 118 Å². The third-order valence-electron chi connectivity index (χ3n) is 5.20. The Morgan fingerprint density at radius 2 is 1.74 bits per heavy atom. The lowest BCUT2D eigenvalue weighted by atomic mass is 9.78. The van der Waals surface area contributed by atoms with Crippen LogP contribution in [0.4, 0.5) is 0 Å². The van der Waals surface area contributed by atoms with Gasteiger partial charge in [0, 0.05) is 13.1 Å². The van der Waals surface area contributed by atoms with E-state index >= 15 is 0 Å². The highest BCUT2D eigenvalue weighted by Gasteiger charge is 2.37. The first-order valence-electron chi connectivity index (χ1n) is 7.82. The van der Waals surface area contributed by atoms with Crippen LogP contribution in [0.3, 0.4) is 0 Å². The Bertz CT molecular complexity index is 289. The van der Waals surface area contributed by atoms with Crippen LogP contribution in [0, 0.1) is 16.7 Å². The predicted octanol–water partition coefficient (Wildman–Crippen LogP) is 3.08. The van der Waals surface area contributed by atoms with Crippen molar-refractivity contribution in [2.75, 3.05) is 13.1 Å². The Balaban J connectivity index is 2.63. The second-order valence-electron chi connectivity index (χ2n) is 7.22. The predicted molar refractivity (Wildman–Crippen MR) is 80.8 cm³/mol. The first-order valence-corrected chi connectivity index (χ1v) is 7.82. The molecule has 0 atom stereocenters. The van der Waals surface area contributed by atoms with Gasteiger partial charge in [0.1, 0.15) is 0 Å². The number of nitrogens with one attached hydrogen (secondary N) is 1. The molecule has 0 aliphatic heterocycles. The monoisotopic (exact) mass is 268 g/mol. The zero-order valence-corrected chi connectivity index (χ0v) is 13.2. The number of hydrogen-bond acceptors (Lipinski definition) is 2. The van der Waals surface area contributed by atoms with Gasteiger partial charge in [-0.25, -0.2) is 0 Å². The van der Waals surface area contributed by atoms with E-state index < -0.39 is 0 Å². The van der Waals surface area contributed by atoms with Crippen molar-refractivity contribution in [3.8, 4) is 0 Å². The molecule has 3 nitrogen and oxygen atoms in total. The van der Waals surface area contributed by atoms with Crippen LogP contribution in [0.2, 0.25) is 0 Å². The quantitative estimate of drug-likeness (QED) is 0.753. The minimum Gasteiger partial charge on any atom is -0.355 e. The number of hydrogen-bond donors (Lipinski definition) is 2. The molecule has 0 radical (unpaired) electrons. The van der Waals surface area contributed by atoms with Crippen LogP contribution in [0.15, 0.2) is 0 Å². The van der Waals surface area contributed by atoms with Crippen LogP contribution in [0.1, 0.15) is 66.2 Å². The van der Waals surface area contributed by atoms with Gasteiger partial charge in [-0.3, -0.25) is 4.79 Å². The molecule has 19 heavy (non-hydrogen) atoms. The average molecular weight is 268 g/mol. The maximum Gasteiger partial charge on any atom is 0.227 e. The van der Waals surface area contributed by atoms with E-state index in [0.29, 0.717) is 12.5 Å². The molecule has 1 rings (SSSR count). The fourth-order valence-corrected chi connectivity index (χ4v) is 2.63. The van der Waals surface area contributed by atoms with Crippen LogP contribution >= 0.6 is 0 Å². The van der Waals surface area contributed by atoms with E-state index in [1.165, 1.54) is 12.8 Å². The van der Waals surface area contributed by atoms with Crippen molar-refractivity contribution in [3.05, 3.63) is 0 Å². The SMILES string of the molecule is CC(C)C(C)(C)CNC(=O)C1(CN)CCCCCC1. The summed E-state index contributed by atoms with van der Waals surface area (Å²) >= 11 is 0. The lowest BCUT2D eigenvalue weighted by Gasteiger charge is -2.34. The Kier molecular flexibility index (Phi) is 5.84. The van der Waals surface area contributed by atoms with E-state index in [4.69, 9.17) is 5.73 Å². The maximum atomic E-state index is 12.6. The molecular weight excluding hydrogens is 236 g/mol. The summed E-state index contributed by atoms with van der Waals surface area (Å²) in [6.07, 6.45) is 6.67. The number of carbonyl (C=O) groups excluding carboxylic acids is 1. The lowest BCUT2D eigenvalue weighted by molar-refractivity contribution is -0.132. The first-order chi connectivity index (χ1) is 8.84. The Morgan fingerprint density at radius 3 is 2.16 bits per heavy atom. The number of carbonyl (C=O) groups is 1. The molecule has 0 aromatic heterocycles. The van der Waals surface area contributed by atoms with E-state index in [0.717, 1.165) is 32.2 Å². The second-order valence-corrected chi connectivity index (χ2v) is 7.22. The molecule has 3 N–H and O–H groups in total. The van der Waals surface area contributed by atoms with Crippen LogP contribution in [0.25, 0.3) is 0 Å². The number of amides is 1. The minimum atomic E-state index is -0.302. The molecule has 1 aliphatic rings. The summed E-state index contributed by atoms with van der Waals surface area (Å²) in [5.74, 6) is 0.737. The van der Waals surface area contributed by atoms with Crippen molar-refractivity contribution < 1.29 is 4.79 Å². The normalized spacial score (nSPS) is 20.1. The van der Waals surface area contributed by atoms with Gasteiger partial charge in [-0.1, -0.05) is 53.4 Å². The Morgan fingerprint density at radius 1 is 1.21 bits per heavy atom. The molecule has 3 heteroatoms. The molecule has 0 aromatic carbocycles. The molecule has 0 unspecified atom stereocenters. The van der Waals surface area contributed by atoms with Gasteiger partial charge >= 0.3 is 0 Å². The first kappa shape index (κ1) is 16.5. The van der Waals surface area contributed by atoms with E-state index in [1.807, 2.05) is 0 Å². The summed E-state index contributed by atoms with van der Waals surface area (Å²) in [6, 6.07) is 0. The van der Waals surface area contributed by atoms with Crippen molar-refractivity contribution in [3.63, 3.8) is 0 Å². The van der Waals surface area contributed by atoms with Gasteiger partial charge in [-0.2, -0.15) is 0 Å². The summed E-state index contributed by atoms with van der Waals surface area (Å²) in [6.45, 7) is 10.1. The van der Waals surface area contributed by atoms with E-state index in [2.05, 4.69) is 33.0 Å². The molecule has 1 fully saturated rings. The molecule has 0 saturated heterocycles. The van der Waals surface area contributed by atoms with Gasteiger partial charge in [-0.05, 0) is 24.2 Å². The highest BCUT2D eigenvalue weighted by atomic mass is 16.2. The fourth-order valence-electron chi connectivity index (χ4n) is 2.63. The third-order valence-corrected chi connectivity index (χ3v) is 5.20. The van der Waals surface area contributed by atoms with Gasteiger partial charge < -0.3 is 11.1 Å². The van der Waals surface area contributed by atoms with Crippen LogP contribution in [-0.4, -0.2) is 19.0 Å². The molecule has 1 saturated carbocycles. The second kappa shape index (κ2) is 6.74. The van der Waals surface area contributed by atoms with E-state index in [1.54, 1.807) is 0 Å². The van der Waals surface area contributed by atoms with Gasteiger partial charge in [-0.15, -0.1) is 0 Å². The minimum absolute atomic E-state index is 0.135. The summed E-state index contributed by atoms with van der Waals surface area (Å²) in [5, 5.41) is 3.17. The van der Waals surface area contributed by atoms with Crippen molar-refractivity contribution >= 4 is 5.91 Å². The van der Waals surface area contributed by atoms with E-state index in [9.17, 15) is 4.79 Å². The largest absolute Gasteiger partial charge is 0.355 e. The van der Waals surface area contributed by atoms with Crippen LogP contribution in [0.5, 0.6) is 0 Å². The smallest absolute Gasteiger partial charge is 0.227 e. The molecule has 1 amide bonds. The molecule has 0 heterocycles. The summed E-state index contributed by atoms with van der Waals surface area (Å²) in [4.78, 5) is 12.6. The zero-order chi connectivity index (χ0) is 14.5. The average Bonchev–Trinajstić information content (AvgIpc) is 2.62. The van der Waals surface area contributed by atoms with E-state index in [-0.39, 0.29) is 16.7 Å².